The van der Waals surface area contributed by atoms with Gasteiger partial charge in [0.1, 0.15) is 0 Å². The van der Waals surface area contributed by atoms with Gasteiger partial charge in [0.2, 0.25) is 0 Å². The topological polar surface area (TPSA) is 89.9 Å². The van der Waals surface area contributed by atoms with Gasteiger partial charge < -0.3 is 4.89 Å². The molecule has 0 saturated heterocycles. The van der Waals surface area contributed by atoms with Crippen LogP contribution in [-0.4, -0.2) is 29.7 Å². The molecule has 0 heterocycles. The Morgan fingerprint density at radius 1 is 0.759 bits per heavy atom. The maximum absolute atomic E-state index is 12.2. The van der Waals surface area contributed by atoms with Crippen molar-refractivity contribution in [2.75, 3.05) is 13.2 Å². The highest BCUT2D eigenvalue weighted by Crippen LogP contribution is 2.46. The summed E-state index contributed by atoms with van der Waals surface area (Å²) in [7, 11) is -4.05. The van der Waals surface area contributed by atoms with Crippen LogP contribution in [0.1, 0.15) is 64.2 Å². The van der Waals surface area contributed by atoms with Gasteiger partial charge in [-0.15, -0.1) is 0 Å². The zero-order chi connectivity index (χ0) is 21.3. The average molecular weight is 426 g/mol. The number of carbonyl (C=O) groups is 2. The number of rotatable bonds is 12. The molecule has 0 aliphatic heterocycles. The molecule has 2 saturated carbocycles. The zero-order valence-electron chi connectivity index (χ0n) is 17.3. The SMILES string of the molecule is C=CC(=O)CC1CCC(COP(=O)(O)OCC2CCC(CC(=O)C=C)CC2)CC1. The lowest BCUT2D eigenvalue weighted by Crippen LogP contribution is -2.21. The quantitative estimate of drug-likeness (QED) is 0.348. The first-order chi connectivity index (χ1) is 13.8. The van der Waals surface area contributed by atoms with Crippen molar-refractivity contribution in [3.05, 3.63) is 25.3 Å². The summed E-state index contributed by atoms with van der Waals surface area (Å²) < 4.78 is 22.7. The predicted molar refractivity (Wildman–Crippen MR) is 112 cm³/mol. The van der Waals surface area contributed by atoms with Crippen LogP contribution >= 0.6 is 7.82 Å². The first-order valence-corrected chi connectivity index (χ1v) is 12.2. The molecular weight excluding hydrogens is 391 g/mol. The van der Waals surface area contributed by atoms with Crippen molar-refractivity contribution >= 4 is 19.4 Å². The second-order valence-electron chi connectivity index (χ2n) is 8.58. The van der Waals surface area contributed by atoms with Gasteiger partial charge in [0.05, 0.1) is 13.2 Å². The Hall–Kier alpha value is -1.07. The smallest absolute Gasteiger partial charge is 0.302 e. The highest BCUT2D eigenvalue weighted by Gasteiger charge is 2.29. The van der Waals surface area contributed by atoms with Crippen LogP contribution in [-0.2, 0) is 23.2 Å². The van der Waals surface area contributed by atoms with Crippen LogP contribution in [0.3, 0.4) is 0 Å². The van der Waals surface area contributed by atoms with Gasteiger partial charge in [0.25, 0.3) is 0 Å². The van der Waals surface area contributed by atoms with E-state index >= 15 is 0 Å². The van der Waals surface area contributed by atoms with E-state index in [0.717, 1.165) is 51.4 Å². The summed E-state index contributed by atoms with van der Waals surface area (Å²) in [6.07, 6.45) is 11.1. The number of carbonyl (C=O) groups excluding carboxylic acids is 2. The summed E-state index contributed by atoms with van der Waals surface area (Å²) in [5.74, 6) is 1.38. The minimum atomic E-state index is -4.05. The first kappa shape index (κ1) is 24.2. The Morgan fingerprint density at radius 3 is 1.38 bits per heavy atom. The van der Waals surface area contributed by atoms with Crippen LogP contribution in [0.4, 0.5) is 0 Å². The molecule has 2 rings (SSSR count). The van der Waals surface area contributed by atoms with Crippen LogP contribution < -0.4 is 0 Å². The van der Waals surface area contributed by atoms with Gasteiger partial charge in [-0.25, -0.2) is 4.57 Å². The molecule has 164 valence electrons. The number of phosphoric acid groups is 1. The van der Waals surface area contributed by atoms with E-state index in [0.29, 0.717) is 24.7 Å². The third-order valence-corrected chi connectivity index (χ3v) is 7.27. The Morgan fingerprint density at radius 2 is 1.07 bits per heavy atom. The number of ketones is 2. The fourth-order valence-electron chi connectivity index (χ4n) is 4.38. The number of hydrogen-bond donors (Lipinski definition) is 1. The van der Waals surface area contributed by atoms with E-state index in [1.54, 1.807) is 0 Å². The second-order valence-corrected chi connectivity index (χ2v) is 10.0. The van der Waals surface area contributed by atoms with Crippen LogP contribution in [0.15, 0.2) is 25.3 Å². The third kappa shape index (κ3) is 9.08. The van der Waals surface area contributed by atoms with Gasteiger partial charge in [0.15, 0.2) is 11.6 Å². The highest BCUT2D eigenvalue weighted by molar-refractivity contribution is 7.47. The summed E-state index contributed by atoms with van der Waals surface area (Å²) in [5.41, 5.74) is 0. The van der Waals surface area contributed by atoms with E-state index in [9.17, 15) is 19.0 Å². The highest BCUT2D eigenvalue weighted by atomic mass is 31.2. The maximum atomic E-state index is 12.2. The van der Waals surface area contributed by atoms with Crippen LogP contribution in [0.5, 0.6) is 0 Å². The Labute approximate surface area is 174 Å². The average Bonchev–Trinajstić information content (AvgIpc) is 2.72. The van der Waals surface area contributed by atoms with Crippen molar-refractivity contribution in [3.8, 4) is 0 Å². The molecule has 1 N–H and O–H groups in total. The van der Waals surface area contributed by atoms with Gasteiger partial charge in [-0.1, -0.05) is 13.2 Å². The fraction of sp³-hybridized carbons (Fsp3) is 0.727. The molecule has 6 nitrogen and oxygen atoms in total. The van der Waals surface area contributed by atoms with Gasteiger partial charge >= 0.3 is 7.82 Å². The molecule has 0 aromatic carbocycles. The van der Waals surface area contributed by atoms with Crippen LogP contribution in [0, 0.1) is 23.7 Å². The monoisotopic (exact) mass is 426 g/mol. The van der Waals surface area contributed by atoms with Gasteiger partial charge in [-0.3, -0.25) is 18.6 Å². The Bertz CT molecular complexity index is 565. The van der Waals surface area contributed by atoms with Gasteiger partial charge in [-0.2, -0.15) is 0 Å². The van der Waals surface area contributed by atoms with Crippen LogP contribution in [0.25, 0.3) is 0 Å². The predicted octanol–water partition coefficient (Wildman–Crippen LogP) is 5.02. The minimum absolute atomic E-state index is 0.0827. The minimum Gasteiger partial charge on any atom is -0.302 e. The third-order valence-electron chi connectivity index (χ3n) is 6.31. The number of phosphoric ester groups is 1. The second kappa shape index (κ2) is 11.9. The summed E-state index contributed by atoms with van der Waals surface area (Å²) in [6, 6.07) is 0. The Kier molecular flexibility index (Phi) is 9.97. The van der Waals surface area contributed by atoms with Crippen LogP contribution in [0.2, 0.25) is 0 Å². The molecule has 0 aromatic heterocycles. The van der Waals surface area contributed by atoms with Crippen molar-refractivity contribution in [1.29, 1.82) is 0 Å². The molecule has 2 fully saturated rings. The number of allylic oxidation sites excluding steroid dienone is 2. The van der Waals surface area contributed by atoms with Crippen molar-refractivity contribution in [1.82, 2.24) is 0 Å². The molecule has 2 aliphatic carbocycles. The molecule has 2 aliphatic rings. The van der Waals surface area contributed by atoms with E-state index in [1.807, 2.05) is 0 Å². The fourth-order valence-corrected chi connectivity index (χ4v) is 5.25. The molecular formula is C22H35O6P. The van der Waals surface area contributed by atoms with E-state index in [2.05, 4.69) is 13.2 Å². The van der Waals surface area contributed by atoms with E-state index in [4.69, 9.17) is 9.05 Å². The molecule has 7 heteroatoms. The van der Waals surface area contributed by atoms with Crippen molar-refractivity contribution in [2.24, 2.45) is 23.7 Å². The van der Waals surface area contributed by atoms with Crippen molar-refractivity contribution in [2.45, 2.75) is 64.2 Å². The normalized spacial score (nSPS) is 29.6. The van der Waals surface area contributed by atoms with E-state index in [1.165, 1.54) is 12.2 Å². The lowest BCUT2D eigenvalue weighted by molar-refractivity contribution is -0.116. The summed E-state index contributed by atoms with van der Waals surface area (Å²) >= 11 is 0. The summed E-state index contributed by atoms with van der Waals surface area (Å²) in [4.78, 5) is 32.9. The largest absolute Gasteiger partial charge is 0.472 e. The van der Waals surface area contributed by atoms with E-state index in [-0.39, 0.29) is 36.6 Å². The van der Waals surface area contributed by atoms with Crippen molar-refractivity contribution < 1.29 is 28.1 Å². The lowest BCUT2D eigenvalue weighted by Gasteiger charge is -2.29. The lowest BCUT2D eigenvalue weighted by atomic mass is 9.80. The summed E-state index contributed by atoms with van der Waals surface area (Å²) in [5, 5.41) is 0. The molecule has 0 bridgehead atoms. The van der Waals surface area contributed by atoms with E-state index < -0.39 is 7.82 Å². The molecule has 0 unspecified atom stereocenters. The van der Waals surface area contributed by atoms with Gasteiger partial charge in [-0.05, 0) is 87.2 Å². The molecule has 0 amide bonds. The summed E-state index contributed by atoms with van der Waals surface area (Å²) in [6.45, 7) is 7.44. The molecule has 0 aromatic rings. The first-order valence-electron chi connectivity index (χ1n) is 10.7. The molecule has 0 spiro atoms. The number of hydrogen-bond acceptors (Lipinski definition) is 5. The standard InChI is InChI=1S/C22H35O6P/c1-3-21(23)13-17-5-9-19(10-6-17)15-27-29(25,26)28-16-20-11-7-18(8-12-20)14-22(24)4-2/h3-4,17-20H,1-2,5-16H2,(H,25,26). The maximum Gasteiger partial charge on any atom is 0.472 e. The van der Waals surface area contributed by atoms with Crippen molar-refractivity contribution in [3.63, 3.8) is 0 Å². The molecule has 0 radical (unpaired) electrons. The van der Waals surface area contributed by atoms with Gasteiger partial charge in [0, 0.05) is 12.8 Å². The Balaban J connectivity index is 1.61. The molecule has 29 heavy (non-hydrogen) atoms. The molecule has 0 atom stereocenters. The zero-order valence-corrected chi connectivity index (χ0v) is 18.2.